The lowest BCUT2D eigenvalue weighted by Gasteiger charge is -2.35. The summed E-state index contributed by atoms with van der Waals surface area (Å²) in [5.41, 5.74) is 0.618. The molecule has 0 bridgehead atoms. The molecule has 1 aliphatic heterocycles. The van der Waals surface area contributed by atoms with Crippen LogP contribution in [0.5, 0.6) is 0 Å². The molecule has 2 aromatic heterocycles. The number of nitrogens with zero attached hydrogens (tertiary/aromatic N) is 4. The Balaban J connectivity index is 1.37. The Labute approximate surface area is 174 Å². The number of carbonyl (C=O) groups excluding carboxylic acids is 1. The number of amides is 1. The first-order valence-electron chi connectivity index (χ1n) is 9.47. The highest BCUT2D eigenvalue weighted by molar-refractivity contribution is 7.09. The number of nitrogens with one attached hydrogen (secondary N) is 1. The Hall–Kier alpha value is -2.65. The second kappa shape index (κ2) is 7.00. The van der Waals surface area contributed by atoms with Crippen molar-refractivity contribution in [2.75, 3.05) is 31.1 Å². The standard InChI is InChI=1S/C19H18ClN5O3S/c20-11-1-3-12(4-2-11)23-7-9-24(10-8-23)18(27)16-14-15(22-29-16)17(26)25(13-5-6-13)19(28)21-14/h1-4,13H,5-10H2,(H,21,28). The SMILES string of the molecule is O=C(c1snc2c(=O)n(C3CC3)c(=O)[nH]c12)N1CCN(c2ccc(Cl)cc2)CC1. The molecule has 5 rings (SSSR count). The Morgan fingerprint density at radius 2 is 1.79 bits per heavy atom. The van der Waals surface area contributed by atoms with Gasteiger partial charge in [-0.05, 0) is 48.6 Å². The van der Waals surface area contributed by atoms with E-state index in [9.17, 15) is 14.4 Å². The normalized spacial score (nSPS) is 17.1. The number of aromatic nitrogens is 3. The van der Waals surface area contributed by atoms with Gasteiger partial charge in [0.15, 0.2) is 5.52 Å². The lowest BCUT2D eigenvalue weighted by molar-refractivity contribution is 0.0753. The molecule has 1 aliphatic carbocycles. The van der Waals surface area contributed by atoms with E-state index in [0.29, 0.717) is 36.1 Å². The average molecular weight is 432 g/mol. The van der Waals surface area contributed by atoms with Gasteiger partial charge in [0.25, 0.3) is 11.5 Å². The highest BCUT2D eigenvalue weighted by Gasteiger charge is 2.31. The van der Waals surface area contributed by atoms with E-state index in [1.165, 1.54) is 4.57 Å². The summed E-state index contributed by atoms with van der Waals surface area (Å²) in [6.07, 6.45) is 1.64. The number of piperazine rings is 1. The zero-order chi connectivity index (χ0) is 20.1. The van der Waals surface area contributed by atoms with Crippen LogP contribution in [-0.4, -0.2) is 50.9 Å². The first-order chi connectivity index (χ1) is 14.0. The molecule has 8 nitrogen and oxygen atoms in total. The Bertz CT molecular complexity index is 1200. The number of H-pyrrole nitrogens is 1. The summed E-state index contributed by atoms with van der Waals surface area (Å²) < 4.78 is 5.41. The molecule has 0 radical (unpaired) electrons. The number of hydrogen-bond donors (Lipinski definition) is 1. The third-order valence-electron chi connectivity index (χ3n) is 5.43. The van der Waals surface area contributed by atoms with Gasteiger partial charge in [-0.3, -0.25) is 14.2 Å². The number of rotatable bonds is 3. The number of carbonyl (C=O) groups is 1. The van der Waals surface area contributed by atoms with Crippen molar-refractivity contribution in [1.29, 1.82) is 0 Å². The average Bonchev–Trinajstić information content (AvgIpc) is 3.47. The van der Waals surface area contributed by atoms with E-state index >= 15 is 0 Å². The molecule has 0 unspecified atom stereocenters. The summed E-state index contributed by atoms with van der Waals surface area (Å²) in [6.45, 7) is 2.47. The zero-order valence-electron chi connectivity index (χ0n) is 15.4. The molecule has 2 aliphatic rings. The van der Waals surface area contributed by atoms with E-state index < -0.39 is 11.2 Å². The second-order valence-corrected chi connectivity index (χ2v) is 8.54. The van der Waals surface area contributed by atoms with E-state index in [1.807, 2.05) is 24.3 Å². The van der Waals surface area contributed by atoms with Crippen LogP contribution in [0.25, 0.3) is 11.0 Å². The van der Waals surface area contributed by atoms with Crippen molar-refractivity contribution in [3.05, 3.63) is 55.0 Å². The van der Waals surface area contributed by atoms with Crippen LogP contribution in [0.1, 0.15) is 28.6 Å². The van der Waals surface area contributed by atoms with Gasteiger partial charge in [-0.15, -0.1) is 0 Å². The van der Waals surface area contributed by atoms with Crippen molar-refractivity contribution in [2.24, 2.45) is 0 Å². The summed E-state index contributed by atoms with van der Waals surface area (Å²) in [5, 5.41) is 0.689. The molecule has 2 fully saturated rings. The monoisotopic (exact) mass is 431 g/mol. The molecule has 3 heterocycles. The predicted octanol–water partition coefficient (Wildman–Crippen LogP) is 2.10. The summed E-state index contributed by atoms with van der Waals surface area (Å²) in [6, 6.07) is 7.58. The maximum Gasteiger partial charge on any atom is 0.329 e. The molecule has 150 valence electrons. The quantitative estimate of drug-likeness (QED) is 0.685. The smallest absolute Gasteiger partial charge is 0.329 e. The third-order valence-corrected chi connectivity index (χ3v) is 6.52. The van der Waals surface area contributed by atoms with Crippen LogP contribution < -0.4 is 16.1 Å². The molecule has 10 heteroatoms. The minimum Gasteiger partial charge on any atom is -0.368 e. The largest absolute Gasteiger partial charge is 0.368 e. The molecule has 0 atom stereocenters. The highest BCUT2D eigenvalue weighted by atomic mass is 35.5. The summed E-state index contributed by atoms with van der Waals surface area (Å²) >= 11 is 6.92. The van der Waals surface area contributed by atoms with Crippen LogP contribution in [-0.2, 0) is 0 Å². The Kier molecular flexibility index (Phi) is 4.44. The first kappa shape index (κ1) is 18.4. The molecule has 0 spiro atoms. The molecule has 1 saturated carbocycles. The minimum atomic E-state index is -0.466. The second-order valence-electron chi connectivity index (χ2n) is 7.33. The lowest BCUT2D eigenvalue weighted by Crippen LogP contribution is -2.48. The van der Waals surface area contributed by atoms with E-state index in [1.54, 1.807) is 4.90 Å². The molecule has 1 N–H and O–H groups in total. The number of aromatic amines is 1. The maximum absolute atomic E-state index is 13.0. The van der Waals surface area contributed by atoms with Gasteiger partial charge in [0.05, 0.1) is 5.52 Å². The fourth-order valence-electron chi connectivity index (χ4n) is 3.70. The van der Waals surface area contributed by atoms with E-state index in [2.05, 4.69) is 14.3 Å². The Morgan fingerprint density at radius 1 is 1.10 bits per heavy atom. The van der Waals surface area contributed by atoms with Gasteiger partial charge in [0.2, 0.25) is 0 Å². The third kappa shape index (κ3) is 3.24. The van der Waals surface area contributed by atoms with Crippen molar-refractivity contribution in [2.45, 2.75) is 18.9 Å². The van der Waals surface area contributed by atoms with Gasteiger partial charge in [-0.25, -0.2) is 4.79 Å². The molecule has 3 aromatic rings. The molecular formula is C19H18ClN5O3S. The fourth-order valence-corrected chi connectivity index (χ4v) is 4.62. The molecule has 29 heavy (non-hydrogen) atoms. The number of fused-ring (bicyclic) bond motifs is 1. The van der Waals surface area contributed by atoms with Gasteiger partial charge in [-0.2, -0.15) is 4.37 Å². The molecular weight excluding hydrogens is 414 g/mol. The number of halogens is 1. The summed E-state index contributed by atoms with van der Waals surface area (Å²) in [4.78, 5) is 45.0. The van der Waals surface area contributed by atoms with Crippen LogP contribution in [0.3, 0.4) is 0 Å². The molecule has 1 saturated heterocycles. The van der Waals surface area contributed by atoms with Gasteiger partial charge >= 0.3 is 5.69 Å². The van der Waals surface area contributed by atoms with Gasteiger partial charge < -0.3 is 14.8 Å². The Morgan fingerprint density at radius 3 is 2.45 bits per heavy atom. The van der Waals surface area contributed by atoms with E-state index in [0.717, 1.165) is 30.1 Å². The van der Waals surface area contributed by atoms with Crippen molar-refractivity contribution in [3.63, 3.8) is 0 Å². The predicted molar refractivity (Wildman–Crippen MR) is 112 cm³/mol. The number of benzene rings is 1. The van der Waals surface area contributed by atoms with Crippen molar-refractivity contribution in [1.82, 2.24) is 18.8 Å². The maximum atomic E-state index is 13.0. The van der Waals surface area contributed by atoms with Crippen LogP contribution >= 0.6 is 23.1 Å². The van der Waals surface area contributed by atoms with Gasteiger partial charge in [-0.1, -0.05) is 11.6 Å². The highest BCUT2D eigenvalue weighted by Crippen LogP contribution is 2.32. The van der Waals surface area contributed by atoms with Crippen LogP contribution in [0.4, 0.5) is 5.69 Å². The number of hydrogen-bond acceptors (Lipinski definition) is 6. The molecule has 1 aromatic carbocycles. The number of anilines is 1. The van der Waals surface area contributed by atoms with Gasteiger partial charge in [0, 0.05) is 42.9 Å². The minimum absolute atomic E-state index is 0.0440. The van der Waals surface area contributed by atoms with Crippen molar-refractivity contribution in [3.8, 4) is 0 Å². The van der Waals surface area contributed by atoms with Crippen LogP contribution in [0.2, 0.25) is 5.02 Å². The summed E-state index contributed by atoms with van der Waals surface area (Å²) in [5.74, 6) is -0.201. The van der Waals surface area contributed by atoms with Crippen LogP contribution in [0, 0.1) is 0 Å². The van der Waals surface area contributed by atoms with Crippen molar-refractivity contribution < 1.29 is 4.79 Å². The topological polar surface area (TPSA) is 91.3 Å². The van der Waals surface area contributed by atoms with Crippen LogP contribution in [0.15, 0.2) is 33.9 Å². The summed E-state index contributed by atoms with van der Waals surface area (Å²) in [7, 11) is 0. The zero-order valence-corrected chi connectivity index (χ0v) is 17.0. The van der Waals surface area contributed by atoms with E-state index in [4.69, 9.17) is 11.6 Å². The van der Waals surface area contributed by atoms with E-state index in [-0.39, 0.29) is 23.0 Å². The first-order valence-corrected chi connectivity index (χ1v) is 10.6. The van der Waals surface area contributed by atoms with Gasteiger partial charge in [0.1, 0.15) is 4.88 Å². The lowest BCUT2D eigenvalue weighted by atomic mass is 10.2. The molecule has 1 amide bonds. The van der Waals surface area contributed by atoms with Crippen molar-refractivity contribution >= 4 is 45.8 Å². The fraction of sp³-hybridized carbons (Fsp3) is 0.368.